The van der Waals surface area contributed by atoms with Crippen LogP contribution in [0.15, 0.2) is 83.9 Å². The zero-order valence-electron chi connectivity index (χ0n) is 19.3. The number of ketones is 1. The molecule has 0 bridgehead atoms. The number of amides is 1. The molecule has 6 nitrogen and oxygen atoms in total. The van der Waals surface area contributed by atoms with Gasteiger partial charge in [-0.2, -0.15) is 0 Å². The maximum absolute atomic E-state index is 13.8. The first-order valence-corrected chi connectivity index (χ1v) is 11.0. The lowest BCUT2D eigenvalue weighted by atomic mass is 9.92. The van der Waals surface area contributed by atoms with Crippen molar-refractivity contribution in [3.63, 3.8) is 0 Å². The van der Waals surface area contributed by atoms with Crippen molar-refractivity contribution in [2.24, 2.45) is 0 Å². The minimum atomic E-state index is -0.387. The minimum Gasteiger partial charge on any atom is -0.326 e. The van der Waals surface area contributed by atoms with Gasteiger partial charge in [0.05, 0.1) is 11.1 Å². The number of nitrogens with one attached hydrogen (secondary N) is 1. The van der Waals surface area contributed by atoms with Gasteiger partial charge in [-0.05, 0) is 61.4 Å². The highest BCUT2D eigenvalue weighted by atomic mass is 16.2. The van der Waals surface area contributed by atoms with Gasteiger partial charge in [0.15, 0.2) is 5.78 Å². The summed E-state index contributed by atoms with van der Waals surface area (Å²) in [6.45, 7) is 5.26. The van der Waals surface area contributed by atoms with E-state index < -0.39 is 0 Å². The van der Waals surface area contributed by atoms with Gasteiger partial charge < -0.3 is 9.88 Å². The first-order chi connectivity index (χ1) is 16.4. The summed E-state index contributed by atoms with van der Waals surface area (Å²) in [6, 6.07) is 18.2. The van der Waals surface area contributed by atoms with Crippen LogP contribution in [0, 0.1) is 0 Å². The van der Waals surface area contributed by atoms with Gasteiger partial charge in [0.2, 0.25) is 5.91 Å². The Morgan fingerprint density at radius 3 is 2.35 bits per heavy atom. The molecule has 4 aromatic rings. The van der Waals surface area contributed by atoms with Gasteiger partial charge in [0, 0.05) is 42.0 Å². The molecule has 170 valence electrons. The first kappa shape index (κ1) is 22.9. The molecule has 0 atom stereocenters. The monoisotopic (exact) mass is 451 g/mol. The summed E-state index contributed by atoms with van der Waals surface area (Å²) in [7, 11) is 0. The third-order valence-corrected chi connectivity index (χ3v) is 5.49. The van der Waals surface area contributed by atoms with Gasteiger partial charge in [-0.25, -0.2) is 0 Å². The Balaban J connectivity index is 2.05. The van der Waals surface area contributed by atoms with Crippen LogP contribution in [0.25, 0.3) is 28.1 Å². The van der Waals surface area contributed by atoms with Gasteiger partial charge >= 0.3 is 0 Å². The zero-order chi connectivity index (χ0) is 24.2. The molecule has 1 amide bonds. The first-order valence-electron chi connectivity index (χ1n) is 11.0. The molecular formula is C28H25N3O3. The number of anilines is 1. The number of aromatic nitrogens is 2. The number of hydrogen-bond acceptors (Lipinski definition) is 4. The van der Waals surface area contributed by atoms with E-state index in [1.165, 1.54) is 13.0 Å². The van der Waals surface area contributed by atoms with Crippen molar-refractivity contribution < 1.29 is 9.59 Å². The largest absolute Gasteiger partial charge is 0.326 e. The molecule has 0 saturated carbocycles. The van der Waals surface area contributed by atoms with Crippen molar-refractivity contribution in [2.45, 2.75) is 26.8 Å². The highest BCUT2D eigenvalue weighted by Crippen LogP contribution is 2.34. The standard InChI is InChI=1S/C28H25N3O3/c1-18(2)31-24-11-10-22(30-19(3)32)17-23(24)26(21-7-5-4-6-8-21)27(28(31)34)25(33)12-9-20-13-15-29-16-14-20/h4-18H,1-3H3,(H,30,32)/b12-9+. The highest BCUT2D eigenvalue weighted by Gasteiger charge is 2.23. The van der Waals surface area contributed by atoms with Crippen LogP contribution in [0.1, 0.15) is 42.7 Å². The van der Waals surface area contributed by atoms with E-state index in [1.807, 2.05) is 56.3 Å². The van der Waals surface area contributed by atoms with Crippen LogP contribution in [-0.4, -0.2) is 21.2 Å². The normalized spacial score (nSPS) is 11.3. The van der Waals surface area contributed by atoms with Gasteiger partial charge in [0.25, 0.3) is 5.56 Å². The summed E-state index contributed by atoms with van der Waals surface area (Å²) >= 11 is 0. The Morgan fingerprint density at radius 1 is 1.00 bits per heavy atom. The number of rotatable bonds is 6. The SMILES string of the molecule is CC(=O)Nc1ccc2c(c1)c(-c1ccccc1)c(C(=O)/C=C/c1ccncc1)c(=O)n2C(C)C. The van der Waals surface area contributed by atoms with E-state index in [4.69, 9.17) is 0 Å². The fraction of sp³-hybridized carbons (Fsp3) is 0.143. The van der Waals surface area contributed by atoms with E-state index in [9.17, 15) is 14.4 Å². The lowest BCUT2D eigenvalue weighted by Crippen LogP contribution is -2.29. The second kappa shape index (κ2) is 9.67. The zero-order valence-corrected chi connectivity index (χ0v) is 19.3. The van der Waals surface area contributed by atoms with E-state index in [0.29, 0.717) is 22.2 Å². The van der Waals surface area contributed by atoms with E-state index in [2.05, 4.69) is 10.3 Å². The molecule has 0 saturated heterocycles. The minimum absolute atomic E-state index is 0.0951. The molecule has 34 heavy (non-hydrogen) atoms. The molecule has 0 spiro atoms. The number of pyridine rings is 2. The maximum Gasteiger partial charge on any atom is 0.263 e. The molecule has 0 radical (unpaired) electrons. The molecule has 4 rings (SSSR count). The van der Waals surface area contributed by atoms with Crippen molar-refractivity contribution >= 4 is 34.4 Å². The molecule has 1 N–H and O–H groups in total. The molecular weight excluding hydrogens is 426 g/mol. The molecule has 0 fully saturated rings. The van der Waals surface area contributed by atoms with Crippen LogP contribution in [0.4, 0.5) is 5.69 Å². The summed E-state index contributed by atoms with van der Waals surface area (Å²) in [6.07, 6.45) is 6.39. The third-order valence-electron chi connectivity index (χ3n) is 5.49. The van der Waals surface area contributed by atoms with E-state index in [-0.39, 0.29) is 28.9 Å². The Hall–Kier alpha value is -4.32. The smallest absolute Gasteiger partial charge is 0.263 e. The van der Waals surface area contributed by atoms with Crippen LogP contribution in [-0.2, 0) is 4.79 Å². The molecule has 0 aliphatic heterocycles. The number of carbonyl (C=O) groups excluding carboxylic acids is 2. The second-order valence-electron chi connectivity index (χ2n) is 8.28. The van der Waals surface area contributed by atoms with E-state index in [0.717, 1.165) is 11.1 Å². The fourth-order valence-electron chi connectivity index (χ4n) is 4.07. The summed E-state index contributed by atoms with van der Waals surface area (Å²) in [4.78, 5) is 43.0. The van der Waals surface area contributed by atoms with Crippen LogP contribution in [0.5, 0.6) is 0 Å². The van der Waals surface area contributed by atoms with Crippen molar-refractivity contribution in [1.82, 2.24) is 9.55 Å². The fourth-order valence-corrected chi connectivity index (χ4v) is 4.07. The average molecular weight is 452 g/mol. The molecule has 0 unspecified atom stereocenters. The Kier molecular flexibility index (Phi) is 6.50. The lowest BCUT2D eigenvalue weighted by Gasteiger charge is -2.20. The second-order valence-corrected chi connectivity index (χ2v) is 8.28. The van der Waals surface area contributed by atoms with Crippen LogP contribution in [0.3, 0.4) is 0 Å². The van der Waals surface area contributed by atoms with Gasteiger partial charge in [-0.3, -0.25) is 19.4 Å². The predicted molar refractivity (Wildman–Crippen MR) is 136 cm³/mol. The topological polar surface area (TPSA) is 81.1 Å². The Labute approximate surface area is 197 Å². The Bertz CT molecular complexity index is 1450. The van der Waals surface area contributed by atoms with Crippen LogP contribution < -0.4 is 10.9 Å². The number of allylic oxidation sites excluding steroid dienone is 1. The average Bonchev–Trinajstić information content (AvgIpc) is 2.82. The number of benzene rings is 2. The maximum atomic E-state index is 13.8. The molecule has 6 heteroatoms. The molecule has 0 aliphatic carbocycles. The van der Waals surface area contributed by atoms with Crippen molar-refractivity contribution in [3.05, 3.63) is 101 Å². The van der Waals surface area contributed by atoms with Crippen molar-refractivity contribution in [1.29, 1.82) is 0 Å². The van der Waals surface area contributed by atoms with E-state index >= 15 is 0 Å². The van der Waals surface area contributed by atoms with Crippen molar-refractivity contribution in [3.8, 4) is 11.1 Å². The Morgan fingerprint density at radius 2 is 1.71 bits per heavy atom. The van der Waals surface area contributed by atoms with Crippen LogP contribution in [0.2, 0.25) is 0 Å². The highest BCUT2D eigenvalue weighted by molar-refractivity contribution is 6.15. The summed E-state index contributed by atoms with van der Waals surface area (Å²) < 4.78 is 1.63. The quantitative estimate of drug-likeness (QED) is 0.310. The molecule has 2 aromatic heterocycles. The molecule has 0 aliphatic rings. The number of fused-ring (bicyclic) bond motifs is 1. The third kappa shape index (κ3) is 4.57. The lowest BCUT2D eigenvalue weighted by molar-refractivity contribution is -0.114. The van der Waals surface area contributed by atoms with Gasteiger partial charge in [0.1, 0.15) is 0 Å². The van der Waals surface area contributed by atoms with Gasteiger partial charge in [-0.1, -0.05) is 36.4 Å². The number of nitrogens with zero attached hydrogens (tertiary/aromatic N) is 2. The molecule has 2 aromatic carbocycles. The van der Waals surface area contributed by atoms with Gasteiger partial charge in [-0.15, -0.1) is 0 Å². The van der Waals surface area contributed by atoms with Crippen LogP contribution >= 0.6 is 0 Å². The summed E-state index contributed by atoms with van der Waals surface area (Å²) in [5.41, 5.74) is 3.15. The summed E-state index contributed by atoms with van der Waals surface area (Å²) in [5.74, 6) is -0.587. The predicted octanol–water partition coefficient (Wildman–Crippen LogP) is 5.50. The number of carbonyl (C=O) groups is 2. The summed E-state index contributed by atoms with van der Waals surface area (Å²) in [5, 5.41) is 3.52. The van der Waals surface area contributed by atoms with Crippen molar-refractivity contribution in [2.75, 3.05) is 5.32 Å². The van der Waals surface area contributed by atoms with E-state index in [1.54, 1.807) is 41.2 Å². The molecule has 2 heterocycles. The number of hydrogen-bond donors (Lipinski definition) is 1.